The Kier molecular flexibility index (Phi) is 10.1. The minimum Gasteiger partial charge on any atom is -0.494 e. The largest absolute Gasteiger partial charge is 0.494 e. The SMILES string of the molecule is CCCCCCCC1CCC(c2ccc(-c3ccc(OCCCC(F)(F)F)cc3)cc2)CC1. The van der Waals surface area contributed by atoms with E-state index < -0.39 is 12.6 Å². The maximum Gasteiger partial charge on any atom is 0.389 e. The number of hydrogen-bond acceptors (Lipinski definition) is 1. The van der Waals surface area contributed by atoms with Gasteiger partial charge in [-0.15, -0.1) is 0 Å². The van der Waals surface area contributed by atoms with E-state index in [1.54, 1.807) is 0 Å². The Morgan fingerprint density at radius 2 is 1.36 bits per heavy atom. The molecule has 182 valence electrons. The Hall–Kier alpha value is -1.97. The van der Waals surface area contributed by atoms with Crippen molar-refractivity contribution in [2.75, 3.05) is 6.61 Å². The molecule has 1 aliphatic rings. The second kappa shape index (κ2) is 13.1. The molecule has 0 aromatic heterocycles. The molecule has 0 radical (unpaired) electrons. The number of alkyl halides is 3. The van der Waals surface area contributed by atoms with Crippen LogP contribution in [0, 0.1) is 5.92 Å². The number of unbranched alkanes of at least 4 members (excludes halogenated alkanes) is 4. The van der Waals surface area contributed by atoms with E-state index in [4.69, 9.17) is 4.74 Å². The van der Waals surface area contributed by atoms with Gasteiger partial charge in [0.2, 0.25) is 0 Å². The number of ether oxygens (including phenoxy) is 1. The third kappa shape index (κ3) is 9.06. The molecule has 1 saturated carbocycles. The number of halogens is 3. The molecule has 1 fully saturated rings. The van der Waals surface area contributed by atoms with Crippen LogP contribution < -0.4 is 4.74 Å². The van der Waals surface area contributed by atoms with E-state index in [1.165, 1.54) is 69.8 Å². The molecule has 3 rings (SSSR count). The van der Waals surface area contributed by atoms with E-state index in [0.29, 0.717) is 11.7 Å². The molecule has 0 atom stereocenters. The first-order valence-corrected chi connectivity index (χ1v) is 12.8. The molecule has 1 nitrogen and oxygen atoms in total. The van der Waals surface area contributed by atoms with Crippen molar-refractivity contribution in [3.8, 4) is 16.9 Å². The van der Waals surface area contributed by atoms with Crippen LogP contribution in [0.1, 0.15) is 95.5 Å². The maximum absolute atomic E-state index is 12.2. The van der Waals surface area contributed by atoms with E-state index in [2.05, 4.69) is 31.2 Å². The first-order chi connectivity index (χ1) is 15.9. The predicted molar refractivity (Wildman–Crippen MR) is 131 cm³/mol. The van der Waals surface area contributed by atoms with Gasteiger partial charge in [0.25, 0.3) is 0 Å². The molecule has 0 bridgehead atoms. The highest BCUT2D eigenvalue weighted by molar-refractivity contribution is 5.64. The van der Waals surface area contributed by atoms with Gasteiger partial charge in [-0.25, -0.2) is 0 Å². The molecule has 0 unspecified atom stereocenters. The first-order valence-electron chi connectivity index (χ1n) is 12.8. The van der Waals surface area contributed by atoms with Crippen LogP contribution >= 0.6 is 0 Å². The van der Waals surface area contributed by atoms with Crippen LogP contribution in [0.15, 0.2) is 48.5 Å². The zero-order valence-electron chi connectivity index (χ0n) is 20.0. The van der Waals surface area contributed by atoms with Gasteiger partial charge in [-0.2, -0.15) is 13.2 Å². The van der Waals surface area contributed by atoms with Gasteiger partial charge in [-0.05, 0) is 72.8 Å². The average Bonchev–Trinajstić information content (AvgIpc) is 2.82. The number of rotatable bonds is 12. The standard InChI is InChI=1S/C29H39F3O/c1-2-3-4-5-6-8-23-9-11-24(12-10-23)25-13-15-26(16-14-25)27-17-19-28(20-18-27)33-22-7-21-29(30,31)32/h13-20,23-24H,2-12,21-22H2,1H3. The summed E-state index contributed by atoms with van der Waals surface area (Å²) in [5.41, 5.74) is 3.70. The summed E-state index contributed by atoms with van der Waals surface area (Å²) in [4.78, 5) is 0. The van der Waals surface area contributed by atoms with Gasteiger partial charge in [-0.1, -0.05) is 81.8 Å². The number of hydrogen-bond donors (Lipinski definition) is 0. The smallest absolute Gasteiger partial charge is 0.389 e. The average molecular weight is 461 g/mol. The van der Waals surface area contributed by atoms with E-state index in [9.17, 15) is 13.2 Å². The Balaban J connectivity index is 1.42. The van der Waals surface area contributed by atoms with E-state index in [1.807, 2.05) is 24.3 Å². The van der Waals surface area contributed by atoms with Crippen molar-refractivity contribution in [1.29, 1.82) is 0 Å². The fourth-order valence-corrected chi connectivity index (χ4v) is 4.98. The molecule has 0 amide bonds. The highest BCUT2D eigenvalue weighted by Gasteiger charge is 2.26. The fourth-order valence-electron chi connectivity index (χ4n) is 4.98. The van der Waals surface area contributed by atoms with Crippen LogP contribution in [0.4, 0.5) is 13.2 Å². The lowest BCUT2D eigenvalue weighted by Crippen LogP contribution is -2.13. The van der Waals surface area contributed by atoms with Crippen LogP contribution in [0.3, 0.4) is 0 Å². The summed E-state index contributed by atoms with van der Waals surface area (Å²) >= 11 is 0. The molecule has 2 aromatic carbocycles. The van der Waals surface area contributed by atoms with Crippen LogP contribution in [0.2, 0.25) is 0 Å². The lowest BCUT2D eigenvalue weighted by molar-refractivity contribution is -0.136. The highest BCUT2D eigenvalue weighted by atomic mass is 19.4. The van der Waals surface area contributed by atoms with Crippen LogP contribution in [0.5, 0.6) is 5.75 Å². The summed E-state index contributed by atoms with van der Waals surface area (Å²) in [7, 11) is 0. The molecule has 1 aliphatic carbocycles. The predicted octanol–water partition coefficient (Wildman–Crippen LogP) is 9.71. The second-order valence-corrected chi connectivity index (χ2v) is 9.63. The quantitative estimate of drug-likeness (QED) is 0.286. The summed E-state index contributed by atoms with van der Waals surface area (Å²) in [6.07, 6.45) is 8.71. The lowest BCUT2D eigenvalue weighted by atomic mass is 9.77. The third-order valence-electron chi connectivity index (χ3n) is 7.01. The highest BCUT2D eigenvalue weighted by Crippen LogP contribution is 2.38. The van der Waals surface area contributed by atoms with Crippen LogP contribution in [0.25, 0.3) is 11.1 Å². The zero-order chi connectivity index (χ0) is 23.5. The van der Waals surface area contributed by atoms with Crippen molar-refractivity contribution in [1.82, 2.24) is 0 Å². The normalized spacial score (nSPS) is 18.9. The summed E-state index contributed by atoms with van der Waals surface area (Å²) in [6, 6.07) is 16.5. The van der Waals surface area contributed by atoms with Crippen molar-refractivity contribution in [3.05, 3.63) is 54.1 Å². The van der Waals surface area contributed by atoms with E-state index in [-0.39, 0.29) is 13.0 Å². The maximum atomic E-state index is 12.2. The van der Waals surface area contributed by atoms with Gasteiger partial charge >= 0.3 is 6.18 Å². The van der Waals surface area contributed by atoms with Gasteiger partial charge in [0.1, 0.15) is 5.75 Å². The molecule has 33 heavy (non-hydrogen) atoms. The van der Waals surface area contributed by atoms with E-state index >= 15 is 0 Å². The topological polar surface area (TPSA) is 9.23 Å². The van der Waals surface area contributed by atoms with Gasteiger partial charge in [0.15, 0.2) is 0 Å². The van der Waals surface area contributed by atoms with E-state index in [0.717, 1.165) is 17.0 Å². The zero-order valence-corrected chi connectivity index (χ0v) is 20.0. The van der Waals surface area contributed by atoms with Gasteiger partial charge < -0.3 is 4.74 Å². The lowest BCUT2D eigenvalue weighted by Gasteiger charge is -2.29. The summed E-state index contributed by atoms with van der Waals surface area (Å²) in [5, 5.41) is 0. The third-order valence-corrected chi connectivity index (χ3v) is 7.01. The summed E-state index contributed by atoms with van der Waals surface area (Å²) in [5.74, 6) is 2.22. The molecule has 0 heterocycles. The second-order valence-electron chi connectivity index (χ2n) is 9.63. The first kappa shape index (κ1) is 25.6. The van der Waals surface area contributed by atoms with Gasteiger partial charge in [-0.3, -0.25) is 0 Å². The summed E-state index contributed by atoms with van der Waals surface area (Å²) in [6.45, 7) is 2.35. The van der Waals surface area contributed by atoms with Crippen LogP contribution in [-0.2, 0) is 0 Å². The Morgan fingerprint density at radius 1 is 0.758 bits per heavy atom. The van der Waals surface area contributed by atoms with Crippen LogP contribution in [-0.4, -0.2) is 12.8 Å². The fraction of sp³-hybridized carbons (Fsp3) is 0.586. The van der Waals surface area contributed by atoms with Crippen molar-refractivity contribution in [2.24, 2.45) is 5.92 Å². The van der Waals surface area contributed by atoms with Crippen molar-refractivity contribution >= 4 is 0 Å². The van der Waals surface area contributed by atoms with Crippen molar-refractivity contribution in [2.45, 2.75) is 96.1 Å². The van der Waals surface area contributed by atoms with Crippen molar-refractivity contribution < 1.29 is 17.9 Å². The Morgan fingerprint density at radius 3 is 1.97 bits per heavy atom. The minimum absolute atomic E-state index is 0.0203. The molecule has 0 N–H and O–H groups in total. The minimum atomic E-state index is -4.12. The molecular formula is C29H39F3O. The summed E-state index contributed by atoms with van der Waals surface area (Å²) < 4.78 is 42.1. The molecule has 0 saturated heterocycles. The van der Waals surface area contributed by atoms with Gasteiger partial charge in [0.05, 0.1) is 6.61 Å². The number of benzene rings is 2. The molecule has 4 heteroatoms. The Bertz CT molecular complexity index is 787. The monoisotopic (exact) mass is 460 g/mol. The molecular weight excluding hydrogens is 421 g/mol. The molecule has 0 aliphatic heterocycles. The van der Waals surface area contributed by atoms with Gasteiger partial charge in [0, 0.05) is 6.42 Å². The van der Waals surface area contributed by atoms with Crippen molar-refractivity contribution in [3.63, 3.8) is 0 Å². The molecule has 0 spiro atoms. The Labute approximate surface area is 197 Å². The molecule has 2 aromatic rings.